The summed E-state index contributed by atoms with van der Waals surface area (Å²) in [7, 11) is -4.20. The number of carboxylic acids is 1. The van der Waals surface area contributed by atoms with E-state index in [9.17, 15) is 14.3 Å². The zero-order chi connectivity index (χ0) is 22.7. The van der Waals surface area contributed by atoms with Crippen molar-refractivity contribution in [3.8, 4) is 0 Å². The van der Waals surface area contributed by atoms with Gasteiger partial charge in [-0.1, -0.05) is 104 Å². The minimum atomic E-state index is -4.20. The highest BCUT2D eigenvalue weighted by Gasteiger charge is 2.28. The molecule has 8 heteroatoms. The summed E-state index contributed by atoms with van der Waals surface area (Å²) in [5.41, 5.74) is 0. The number of rotatable bonds is 22. The Kier molecular flexibility index (Phi) is 18.9. The van der Waals surface area contributed by atoms with Crippen LogP contribution in [0.4, 0.5) is 0 Å². The number of nitrogens with one attached hydrogen (secondary N) is 1. The maximum atomic E-state index is 11.7. The van der Waals surface area contributed by atoms with Crippen LogP contribution < -0.4 is 5.09 Å². The molecule has 0 heterocycles. The van der Waals surface area contributed by atoms with Gasteiger partial charge in [0.25, 0.3) is 0 Å². The van der Waals surface area contributed by atoms with E-state index in [1.54, 1.807) is 0 Å². The van der Waals surface area contributed by atoms with Crippen molar-refractivity contribution < 1.29 is 29.0 Å². The summed E-state index contributed by atoms with van der Waals surface area (Å²) in [4.78, 5) is 20.3. The van der Waals surface area contributed by atoms with Crippen molar-refractivity contribution in [2.45, 2.75) is 116 Å². The minimum absolute atomic E-state index is 0.0933. The zero-order valence-electron chi connectivity index (χ0n) is 19.2. The van der Waals surface area contributed by atoms with Gasteiger partial charge in [0.15, 0.2) is 0 Å². The third kappa shape index (κ3) is 19.5. The van der Waals surface area contributed by atoms with Crippen LogP contribution in [0.25, 0.3) is 0 Å². The molecule has 30 heavy (non-hydrogen) atoms. The molecular formula is C22H46NO6P. The Bertz CT molecular complexity index is 461. The number of carbonyl (C=O) groups is 1. The van der Waals surface area contributed by atoms with Crippen molar-refractivity contribution in [2.24, 2.45) is 5.92 Å². The molecule has 0 aliphatic heterocycles. The highest BCUT2D eigenvalue weighted by atomic mass is 31.2. The number of hydrogen-bond acceptors (Lipinski definition) is 4. The van der Waals surface area contributed by atoms with E-state index in [2.05, 4.69) is 13.8 Å². The van der Waals surface area contributed by atoms with E-state index >= 15 is 0 Å². The molecule has 0 aliphatic rings. The fourth-order valence-electron chi connectivity index (χ4n) is 3.37. The van der Waals surface area contributed by atoms with Crippen molar-refractivity contribution in [3.05, 3.63) is 0 Å². The highest BCUT2D eigenvalue weighted by molar-refractivity contribution is 7.50. The Hall–Kier alpha value is -0.460. The van der Waals surface area contributed by atoms with Crippen LogP contribution >= 0.6 is 7.75 Å². The van der Waals surface area contributed by atoms with Gasteiger partial charge in [-0.25, -0.2) is 9.65 Å². The molecule has 0 radical (unpaired) electrons. The molecule has 0 aromatic rings. The number of unbranched alkanes of at least 4 members (excludes halogenated alkanes) is 13. The highest BCUT2D eigenvalue weighted by Crippen LogP contribution is 2.37. The molecule has 2 atom stereocenters. The lowest BCUT2D eigenvalue weighted by Crippen LogP contribution is -2.38. The molecule has 0 amide bonds. The first-order valence-corrected chi connectivity index (χ1v) is 13.4. The van der Waals surface area contributed by atoms with Crippen molar-refractivity contribution in [3.63, 3.8) is 0 Å². The smallest absolute Gasteiger partial charge is 0.403 e. The van der Waals surface area contributed by atoms with E-state index in [0.717, 1.165) is 25.2 Å². The molecule has 0 aromatic heterocycles. The Morgan fingerprint density at radius 1 is 0.833 bits per heavy atom. The molecule has 0 saturated carbocycles. The number of carboxylic acid groups (broad SMARTS) is 1. The number of hydrogen-bond donors (Lipinski definition) is 4. The van der Waals surface area contributed by atoms with E-state index in [1.165, 1.54) is 70.6 Å². The third-order valence-electron chi connectivity index (χ3n) is 5.24. The predicted octanol–water partition coefficient (Wildman–Crippen LogP) is 5.65. The molecule has 1 unspecified atom stereocenters. The van der Waals surface area contributed by atoms with Gasteiger partial charge in [-0.15, -0.1) is 0 Å². The summed E-state index contributed by atoms with van der Waals surface area (Å²) >= 11 is 0. The average Bonchev–Trinajstić information content (AvgIpc) is 2.68. The van der Waals surface area contributed by atoms with Crippen LogP contribution in [0.3, 0.4) is 0 Å². The van der Waals surface area contributed by atoms with Crippen LogP contribution in [0.15, 0.2) is 0 Å². The quantitative estimate of drug-likeness (QED) is 0.124. The molecular weight excluding hydrogens is 405 g/mol. The van der Waals surface area contributed by atoms with Crippen LogP contribution in [0.5, 0.6) is 0 Å². The largest absolute Gasteiger partial charge is 0.480 e. The first kappa shape index (κ1) is 29.5. The summed E-state index contributed by atoms with van der Waals surface area (Å²) in [5, 5.41) is 19.5. The summed E-state index contributed by atoms with van der Waals surface area (Å²) in [5.74, 6) is -0.557. The summed E-state index contributed by atoms with van der Waals surface area (Å²) in [6, 6.07) is -1.50. The molecule has 0 rings (SSSR count). The summed E-state index contributed by atoms with van der Waals surface area (Å²) in [6.45, 7) is 3.91. The van der Waals surface area contributed by atoms with Crippen molar-refractivity contribution in [2.75, 3.05) is 13.2 Å². The van der Waals surface area contributed by atoms with E-state index < -0.39 is 26.4 Å². The standard InChI is InChI=1S/C22H46NO6P/c1-20(2)17-15-13-11-9-7-5-3-4-6-8-10-12-14-16-18-29-30(27,28)23-21(19-24)22(25)26/h20-21,24H,3-19H2,1-2H3,(H,25,26)(H2,23,27,28)/t21-/m0/s1. The molecule has 7 nitrogen and oxygen atoms in total. The van der Waals surface area contributed by atoms with Crippen LogP contribution in [0, 0.1) is 5.92 Å². The van der Waals surface area contributed by atoms with Gasteiger partial charge in [-0.05, 0) is 12.3 Å². The molecule has 180 valence electrons. The van der Waals surface area contributed by atoms with Gasteiger partial charge in [0.2, 0.25) is 0 Å². The van der Waals surface area contributed by atoms with Crippen LogP contribution in [0.1, 0.15) is 110 Å². The Labute approximate surface area is 183 Å². The number of aliphatic carboxylic acids is 1. The van der Waals surface area contributed by atoms with Gasteiger partial charge in [0, 0.05) is 0 Å². The number of aliphatic hydroxyl groups is 1. The van der Waals surface area contributed by atoms with E-state index in [0.29, 0.717) is 6.42 Å². The predicted molar refractivity (Wildman–Crippen MR) is 122 cm³/mol. The molecule has 0 spiro atoms. The molecule has 4 N–H and O–H groups in total. The Balaban J connectivity index is 3.37. The van der Waals surface area contributed by atoms with E-state index in [4.69, 9.17) is 14.7 Å². The third-order valence-corrected chi connectivity index (χ3v) is 6.41. The van der Waals surface area contributed by atoms with E-state index in [1.807, 2.05) is 5.09 Å². The van der Waals surface area contributed by atoms with Gasteiger partial charge in [-0.3, -0.25) is 9.32 Å². The van der Waals surface area contributed by atoms with Gasteiger partial charge in [0.05, 0.1) is 13.2 Å². The zero-order valence-corrected chi connectivity index (χ0v) is 20.1. The van der Waals surface area contributed by atoms with Crippen LogP contribution in [-0.4, -0.2) is 40.3 Å². The molecule has 0 bridgehead atoms. The second kappa shape index (κ2) is 19.2. The van der Waals surface area contributed by atoms with Crippen molar-refractivity contribution in [1.82, 2.24) is 5.09 Å². The maximum Gasteiger partial charge on any atom is 0.403 e. The van der Waals surface area contributed by atoms with Crippen LogP contribution in [-0.2, 0) is 13.9 Å². The maximum absolute atomic E-state index is 11.7. The van der Waals surface area contributed by atoms with Gasteiger partial charge < -0.3 is 15.1 Å². The monoisotopic (exact) mass is 451 g/mol. The van der Waals surface area contributed by atoms with Crippen molar-refractivity contribution >= 4 is 13.7 Å². The molecule has 0 aliphatic carbocycles. The molecule has 0 saturated heterocycles. The first-order chi connectivity index (χ1) is 14.3. The first-order valence-electron chi connectivity index (χ1n) is 11.9. The fourth-order valence-corrected chi connectivity index (χ4v) is 4.41. The van der Waals surface area contributed by atoms with Crippen LogP contribution in [0.2, 0.25) is 0 Å². The minimum Gasteiger partial charge on any atom is -0.480 e. The Morgan fingerprint density at radius 2 is 1.23 bits per heavy atom. The van der Waals surface area contributed by atoms with Gasteiger partial charge in [0.1, 0.15) is 6.04 Å². The van der Waals surface area contributed by atoms with Gasteiger partial charge in [-0.2, -0.15) is 0 Å². The normalized spacial score (nSPS) is 14.7. The summed E-state index contributed by atoms with van der Waals surface area (Å²) < 4.78 is 16.6. The molecule has 0 fully saturated rings. The topological polar surface area (TPSA) is 116 Å². The second-order valence-corrected chi connectivity index (χ2v) is 10.2. The fraction of sp³-hybridized carbons (Fsp3) is 0.955. The SMILES string of the molecule is CC(C)CCCCCCCCCCCCCCCCOP(=O)(O)N[C@@H](CO)C(=O)O. The average molecular weight is 452 g/mol. The van der Waals surface area contributed by atoms with Gasteiger partial charge >= 0.3 is 13.7 Å². The lowest BCUT2D eigenvalue weighted by Gasteiger charge is -2.17. The molecule has 0 aromatic carbocycles. The number of aliphatic hydroxyl groups excluding tert-OH is 1. The summed E-state index contributed by atoms with van der Waals surface area (Å²) in [6.07, 6.45) is 18.6. The lowest BCUT2D eigenvalue weighted by atomic mass is 10.0. The Morgan fingerprint density at radius 3 is 1.60 bits per heavy atom. The second-order valence-electron chi connectivity index (χ2n) is 8.69. The van der Waals surface area contributed by atoms with Crippen molar-refractivity contribution in [1.29, 1.82) is 0 Å². The lowest BCUT2D eigenvalue weighted by molar-refractivity contribution is -0.140. The van der Waals surface area contributed by atoms with E-state index in [-0.39, 0.29) is 6.61 Å².